The largest absolute Gasteiger partial charge is 0.478 e. The summed E-state index contributed by atoms with van der Waals surface area (Å²) in [5, 5.41) is 22.7. The fourth-order valence-electron chi connectivity index (χ4n) is 6.36. The predicted molar refractivity (Wildman–Crippen MR) is 241 cm³/mol. The summed E-state index contributed by atoms with van der Waals surface area (Å²) in [6.45, 7) is 2.90. The van der Waals surface area contributed by atoms with Crippen LogP contribution in [0.2, 0.25) is 0 Å². The molecule has 0 radical (unpaired) electrons. The number of aromatic carboxylic acids is 2. The summed E-state index contributed by atoms with van der Waals surface area (Å²) in [7, 11) is -7.53. The van der Waals surface area contributed by atoms with E-state index in [1.807, 2.05) is 60.7 Å². The molecule has 7 aromatic rings. The third-order valence-corrected chi connectivity index (χ3v) is 13.9. The van der Waals surface area contributed by atoms with E-state index in [1.165, 1.54) is 6.92 Å². The van der Waals surface area contributed by atoms with Crippen LogP contribution < -0.4 is 14.8 Å². The number of hydrogen-bond acceptors (Lipinski definition) is 9. The number of carboxylic acid groups (broad SMARTS) is 2. The van der Waals surface area contributed by atoms with Crippen LogP contribution in [0, 0.1) is 6.92 Å². The third kappa shape index (κ3) is 12.1. The number of amides is 1. The first-order valence-corrected chi connectivity index (χ1v) is 22.9. The molecule has 318 valence electrons. The number of aromatic nitrogens is 1. The van der Waals surface area contributed by atoms with Gasteiger partial charge in [-0.1, -0.05) is 90.2 Å². The van der Waals surface area contributed by atoms with Gasteiger partial charge >= 0.3 is 11.9 Å². The van der Waals surface area contributed by atoms with Crippen LogP contribution in [0.5, 0.6) is 0 Å². The highest BCUT2D eigenvalue weighted by atomic mass is 32.2. The van der Waals surface area contributed by atoms with Gasteiger partial charge in [0.25, 0.3) is 20.0 Å². The fraction of sp³-hybridized carbons (Fsp3) is 0.130. The van der Waals surface area contributed by atoms with Gasteiger partial charge in [0.05, 0.1) is 21.7 Å². The van der Waals surface area contributed by atoms with Crippen molar-refractivity contribution in [2.45, 2.75) is 48.6 Å². The Morgan fingerprint density at radius 2 is 1.05 bits per heavy atom. The standard InChI is InChI=1S/C25H21NO4S.C21H21N3O5S2/c27-25(28)22-7-3-4-19(16-22)9-8-18-10-13-23(14-11-18)26-31(29,30)24-15-12-20-5-1-2-6-21(20)17-24;1-13-20(30-21(22-13)23-14(2)25)31(28,29)24-18-10-8-15(9-11-18)6-7-16-4-3-5-17(12-16)19(26)27/h1-7,10-17,26H,8-9H2,(H,27,28);3-5,8-12,24H,6-7H2,1-2H3,(H,26,27)(H,22,23,25). The van der Waals surface area contributed by atoms with E-state index in [0.717, 1.165) is 50.8 Å². The number of thiazole rings is 1. The van der Waals surface area contributed by atoms with E-state index in [9.17, 15) is 31.2 Å². The summed E-state index contributed by atoms with van der Waals surface area (Å²) < 4.78 is 56.1. The van der Waals surface area contributed by atoms with Gasteiger partial charge in [0, 0.05) is 18.3 Å². The van der Waals surface area contributed by atoms with Gasteiger partial charge in [0.15, 0.2) is 9.34 Å². The maximum atomic E-state index is 12.8. The Labute approximate surface area is 363 Å². The molecule has 0 spiro atoms. The molecule has 62 heavy (non-hydrogen) atoms. The summed E-state index contributed by atoms with van der Waals surface area (Å²) >= 11 is 0.891. The number of carbonyl (C=O) groups is 3. The van der Waals surface area contributed by atoms with Crippen molar-refractivity contribution in [2.75, 3.05) is 14.8 Å². The second kappa shape index (κ2) is 19.7. The van der Waals surface area contributed by atoms with Crippen molar-refractivity contribution in [3.05, 3.63) is 179 Å². The van der Waals surface area contributed by atoms with E-state index in [-0.39, 0.29) is 31.3 Å². The molecule has 16 heteroatoms. The second-order valence-electron chi connectivity index (χ2n) is 14.2. The number of hydrogen-bond donors (Lipinski definition) is 5. The first-order chi connectivity index (χ1) is 29.5. The molecular formula is C46H42N4O9S3. The molecule has 0 aliphatic heterocycles. The average molecular weight is 891 g/mol. The van der Waals surface area contributed by atoms with E-state index in [4.69, 9.17) is 10.2 Å². The maximum Gasteiger partial charge on any atom is 0.335 e. The monoisotopic (exact) mass is 890 g/mol. The van der Waals surface area contributed by atoms with Gasteiger partial charge in [-0.25, -0.2) is 31.4 Å². The lowest BCUT2D eigenvalue weighted by Crippen LogP contribution is -2.12. The molecule has 0 aliphatic carbocycles. The first kappa shape index (κ1) is 44.7. The van der Waals surface area contributed by atoms with Crippen molar-refractivity contribution in [1.29, 1.82) is 0 Å². The number of nitrogens with one attached hydrogen (secondary N) is 3. The summed E-state index contributed by atoms with van der Waals surface area (Å²) in [6, 6.07) is 40.6. The number of nitrogens with zero attached hydrogens (tertiary/aromatic N) is 1. The van der Waals surface area contributed by atoms with E-state index in [2.05, 4.69) is 19.7 Å². The molecule has 1 amide bonds. The number of aryl methyl sites for hydroxylation is 5. The minimum absolute atomic E-state index is 0.0404. The van der Waals surface area contributed by atoms with E-state index in [1.54, 1.807) is 85.8 Å². The molecule has 0 fully saturated rings. The predicted octanol–water partition coefficient (Wildman–Crippen LogP) is 8.82. The first-order valence-electron chi connectivity index (χ1n) is 19.2. The minimum atomic E-state index is -3.84. The molecule has 13 nitrogen and oxygen atoms in total. The molecule has 7 rings (SSSR count). The van der Waals surface area contributed by atoms with Crippen molar-refractivity contribution in [3.63, 3.8) is 0 Å². The van der Waals surface area contributed by atoms with Gasteiger partial charge in [-0.2, -0.15) is 0 Å². The highest BCUT2D eigenvalue weighted by molar-refractivity contribution is 7.94. The van der Waals surface area contributed by atoms with E-state index < -0.39 is 32.0 Å². The van der Waals surface area contributed by atoms with Crippen LogP contribution >= 0.6 is 11.3 Å². The number of sulfonamides is 2. The van der Waals surface area contributed by atoms with Crippen molar-refractivity contribution >= 4 is 76.5 Å². The lowest BCUT2D eigenvalue weighted by molar-refractivity contribution is -0.114. The fourth-order valence-corrected chi connectivity index (χ4v) is 9.98. The van der Waals surface area contributed by atoms with E-state index in [0.29, 0.717) is 36.3 Å². The van der Waals surface area contributed by atoms with Crippen LogP contribution in [0.25, 0.3) is 10.8 Å². The molecule has 0 aliphatic rings. The zero-order valence-electron chi connectivity index (χ0n) is 33.5. The number of carbonyl (C=O) groups excluding carboxylic acids is 1. The Balaban J connectivity index is 0.000000207. The Kier molecular flexibility index (Phi) is 14.2. The average Bonchev–Trinajstić information content (AvgIpc) is 3.63. The van der Waals surface area contributed by atoms with Crippen molar-refractivity contribution in [2.24, 2.45) is 0 Å². The van der Waals surface area contributed by atoms with Crippen LogP contribution in [-0.2, 0) is 50.5 Å². The van der Waals surface area contributed by atoms with Gasteiger partial charge in [-0.3, -0.25) is 14.2 Å². The molecule has 0 saturated heterocycles. The van der Waals surface area contributed by atoms with E-state index >= 15 is 0 Å². The summed E-state index contributed by atoms with van der Waals surface area (Å²) in [4.78, 5) is 37.6. The summed E-state index contributed by atoms with van der Waals surface area (Å²) in [6.07, 6.45) is 2.77. The Morgan fingerprint density at radius 3 is 1.55 bits per heavy atom. The topological polar surface area (TPSA) is 209 Å². The quantitative estimate of drug-likeness (QED) is 0.0661. The van der Waals surface area contributed by atoms with Crippen molar-refractivity contribution in [1.82, 2.24) is 4.98 Å². The summed E-state index contributed by atoms with van der Waals surface area (Å²) in [5.74, 6) is -2.22. The van der Waals surface area contributed by atoms with Gasteiger partial charge in [0.1, 0.15) is 0 Å². The Hall–Kier alpha value is -6.88. The molecule has 5 N–H and O–H groups in total. The van der Waals surface area contributed by atoms with Crippen LogP contribution in [0.15, 0.2) is 149 Å². The van der Waals surface area contributed by atoms with Crippen LogP contribution in [-0.4, -0.2) is 49.9 Å². The van der Waals surface area contributed by atoms with Gasteiger partial charge in [0.2, 0.25) is 5.91 Å². The number of carboxylic acids is 2. The van der Waals surface area contributed by atoms with Gasteiger partial charge < -0.3 is 15.5 Å². The van der Waals surface area contributed by atoms with Crippen molar-refractivity contribution < 1.29 is 41.4 Å². The van der Waals surface area contributed by atoms with Crippen LogP contribution in [0.3, 0.4) is 0 Å². The Bertz CT molecular complexity index is 2970. The van der Waals surface area contributed by atoms with Crippen LogP contribution in [0.4, 0.5) is 16.5 Å². The van der Waals surface area contributed by atoms with Crippen molar-refractivity contribution in [3.8, 4) is 0 Å². The Morgan fingerprint density at radius 1 is 0.565 bits per heavy atom. The lowest BCUT2D eigenvalue weighted by atomic mass is 10.0. The molecule has 1 aromatic heterocycles. The van der Waals surface area contributed by atoms with Gasteiger partial charge in [-0.15, -0.1) is 0 Å². The molecule has 0 saturated carbocycles. The number of fused-ring (bicyclic) bond motifs is 1. The summed E-state index contributed by atoms with van der Waals surface area (Å²) in [5.41, 5.74) is 5.62. The van der Waals surface area contributed by atoms with Crippen LogP contribution in [0.1, 0.15) is 55.6 Å². The third-order valence-electron chi connectivity index (χ3n) is 9.48. The molecule has 0 bridgehead atoms. The highest BCUT2D eigenvalue weighted by Gasteiger charge is 2.22. The molecular weight excluding hydrogens is 849 g/mol. The lowest BCUT2D eigenvalue weighted by Gasteiger charge is -2.10. The normalized spacial score (nSPS) is 11.3. The molecule has 1 heterocycles. The smallest absolute Gasteiger partial charge is 0.335 e. The minimum Gasteiger partial charge on any atom is -0.478 e. The maximum absolute atomic E-state index is 12.8. The zero-order chi connectivity index (χ0) is 44.4. The molecule has 0 atom stereocenters. The molecule has 6 aromatic carbocycles. The van der Waals surface area contributed by atoms with Gasteiger partial charge in [-0.05, 0) is 126 Å². The SMILES string of the molecule is CC(=O)Nc1nc(C)c(S(=O)(=O)Nc2ccc(CCc3cccc(C(=O)O)c3)cc2)s1.O=C(O)c1cccc(CCc2ccc(NS(=O)(=O)c3ccc4ccccc4c3)cc2)c1. The number of rotatable bonds is 15. The molecule has 0 unspecified atom stereocenters. The highest BCUT2D eigenvalue weighted by Crippen LogP contribution is 2.29. The second-order valence-corrected chi connectivity index (χ2v) is 18.8. The number of benzene rings is 6. The number of anilines is 3. The zero-order valence-corrected chi connectivity index (χ0v) is 36.0.